The Morgan fingerprint density at radius 3 is 2.95 bits per heavy atom. The number of nitrogens with one attached hydrogen (secondary N) is 1. The minimum atomic E-state index is 0.245. The lowest BCUT2D eigenvalue weighted by Gasteiger charge is -2.32. The third-order valence-electron chi connectivity index (χ3n) is 3.81. The van der Waals surface area contributed by atoms with Crippen molar-refractivity contribution in [2.75, 3.05) is 25.1 Å². The van der Waals surface area contributed by atoms with E-state index in [1.54, 1.807) is 0 Å². The van der Waals surface area contributed by atoms with Gasteiger partial charge in [0.15, 0.2) is 0 Å². The molecule has 1 aliphatic rings. The average molecular weight is 327 g/mol. The van der Waals surface area contributed by atoms with Gasteiger partial charge in [-0.15, -0.1) is 0 Å². The first-order valence-electron chi connectivity index (χ1n) is 7.06. The zero-order chi connectivity index (χ0) is 13.7. The Morgan fingerprint density at radius 1 is 1.37 bits per heavy atom. The molecule has 4 heteroatoms. The van der Waals surface area contributed by atoms with Gasteiger partial charge in [-0.1, -0.05) is 28.8 Å². The highest BCUT2D eigenvalue weighted by atomic mass is 79.9. The Kier molecular flexibility index (Phi) is 5.67. The maximum absolute atomic E-state index is 9.66. The molecule has 3 nitrogen and oxygen atoms in total. The van der Waals surface area contributed by atoms with Crippen LogP contribution in [-0.4, -0.2) is 31.3 Å². The fourth-order valence-electron chi connectivity index (χ4n) is 2.85. The molecule has 19 heavy (non-hydrogen) atoms. The van der Waals surface area contributed by atoms with Crippen LogP contribution in [0.25, 0.3) is 0 Å². The fraction of sp³-hybridized carbons (Fsp3) is 0.600. The number of aliphatic hydroxyl groups is 1. The van der Waals surface area contributed by atoms with E-state index < -0.39 is 0 Å². The molecule has 1 fully saturated rings. The van der Waals surface area contributed by atoms with Gasteiger partial charge in [-0.2, -0.15) is 0 Å². The number of rotatable bonds is 4. The van der Waals surface area contributed by atoms with Crippen molar-refractivity contribution in [2.24, 2.45) is 0 Å². The number of hydrogen-bond donors (Lipinski definition) is 2. The predicted molar refractivity (Wildman–Crippen MR) is 83.6 cm³/mol. The van der Waals surface area contributed by atoms with Crippen LogP contribution in [0.2, 0.25) is 0 Å². The Balaban J connectivity index is 2.31. The van der Waals surface area contributed by atoms with Gasteiger partial charge in [0, 0.05) is 23.2 Å². The van der Waals surface area contributed by atoms with Gasteiger partial charge >= 0.3 is 0 Å². The standard InChI is InChI=1S/C15H23BrN2O/c1-17-10-12-9-13(16)6-7-15(12)18-8-4-2-3-5-14(18)11-19/h6-7,9,14,17,19H,2-5,8,10-11H2,1H3. The first-order chi connectivity index (χ1) is 9.26. The number of hydrogen-bond acceptors (Lipinski definition) is 3. The number of anilines is 1. The Morgan fingerprint density at radius 2 is 2.21 bits per heavy atom. The van der Waals surface area contributed by atoms with E-state index in [9.17, 15) is 5.11 Å². The van der Waals surface area contributed by atoms with E-state index in [0.717, 1.165) is 24.0 Å². The van der Waals surface area contributed by atoms with E-state index in [1.165, 1.54) is 30.5 Å². The smallest absolute Gasteiger partial charge is 0.0635 e. The molecular formula is C15H23BrN2O. The second-order valence-corrected chi connectivity index (χ2v) is 6.10. The predicted octanol–water partition coefficient (Wildman–Crippen LogP) is 2.91. The molecule has 1 aromatic carbocycles. The van der Waals surface area contributed by atoms with Crippen molar-refractivity contribution in [3.05, 3.63) is 28.2 Å². The van der Waals surface area contributed by atoms with Crippen molar-refractivity contribution < 1.29 is 5.11 Å². The molecule has 1 aromatic rings. The van der Waals surface area contributed by atoms with Gasteiger partial charge in [0.25, 0.3) is 0 Å². The van der Waals surface area contributed by atoms with E-state index >= 15 is 0 Å². The second kappa shape index (κ2) is 7.27. The van der Waals surface area contributed by atoms with E-state index in [4.69, 9.17) is 0 Å². The Bertz CT molecular complexity index is 411. The molecule has 1 aliphatic heterocycles. The van der Waals surface area contributed by atoms with Crippen molar-refractivity contribution in [1.29, 1.82) is 0 Å². The first kappa shape index (κ1) is 14.8. The van der Waals surface area contributed by atoms with Gasteiger partial charge in [-0.05, 0) is 43.7 Å². The summed E-state index contributed by atoms with van der Waals surface area (Å²) in [6.07, 6.45) is 4.79. The van der Waals surface area contributed by atoms with Crippen molar-refractivity contribution in [2.45, 2.75) is 38.3 Å². The number of halogens is 1. The molecule has 1 atom stereocenters. The molecule has 1 heterocycles. The van der Waals surface area contributed by atoms with Gasteiger partial charge in [0.05, 0.1) is 12.6 Å². The largest absolute Gasteiger partial charge is 0.394 e. The highest BCUT2D eigenvalue weighted by Gasteiger charge is 2.22. The minimum Gasteiger partial charge on any atom is -0.394 e. The van der Waals surface area contributed by atoms with E-state index in [0.29, 0.717) is 0 Å². The highest BCUT2D eigenvalue weighted by molar-refractivity contribution is 9.10. The average Bonchev–Trinajstić information content (AvgIpc) is 2.64. The summed E-state index contributed by atoms with van der Waals surface area (Å²) in [5.41, 5.74) is 2.55. The third-order valence-corrected chi connectivity index (χ3v) is 4.30. The lowest BCUT2D eigenvalue weighted by Crippen LogP contribution is -2.38. The number of nitrogens with zero attached hydrogens (tertiary/aromatic N) is 1. The molecule has 1 saturated heterocycles. The number of benzene rings is 1. The van der Waals surface area contributed by atoms with Crippen molar-refractivity contribution in [1.82, 2.24) is 5.32 Å². The molecular weight excluding hydrogens is 304 g/mol. The summed E-state index contributed by atoms with van der Waals surface area (Å²) in [6.45, 7) is 2.14. The van der Waals surface area contributed by atoms with Crippen molar-refractivity contribution in [3.8, 4) is 0 Å². The molecule has 106 valence electrons. The molecule has 1 unspecified atom stereocenters. The normalized spacial score (nSPS) is 20.4. The molecule has 0 aliphatic carbocycles. The van der Waals surface area contributed by atoms with Crippen LogP contribution in [0.3, 0.4) is 0 Å². The molecule has 0 amide bonds. The molecule has 0 spiro atoms. The second-order valence-electron chi connectivity index (χ2n) is 5.18. The van der Waals surface area contributed by atoms with Gasteiger partial charge in [-0.3, -0.25) is 0 Å². The monoisotopic (exact) mass is 326 g/mol. The summed E-state index contributed by atoms with van der Waals surface area (Å²) in [5, 5.41) is 12.9. The summed E-state index contributed by atoms with van der Waals surface area (Å²) in [7, 11) is 1.97. The maximum Gasteiger partial charge on any atom is 0.0635 e. The summed E-state index contributed by atoms with van der Waals surface area (Å²) in [6, 6.07) is 6.70. The van der Waals surface area contributed by atoms with Gasteiger partial charge in [-0.25, -0.2) is 0 Å². The molecule has 2 rings (SSSR count). The van der Waals surface area contributed by atoms with E-state index in [-0.39, 0.29) is 12.6 Å². The minimum absolute atomic E-state index is 0.245. The van der Waals surface area contributed by atoms with Crippen LogP contribution in [0, 0.1) is 0 Å². The summed E-state index contributed by atoms with van der Waals surface area (Å²) < 4.78 is 1.11. The zero-order valence-electron chi connectivity index (χ0n) is 11.5. The lowest BCUT2D eigenvalue weighted by atomic mass is 10.1. The van der Waals surface area contributed by atoms with Crippen LogP contribution in [0.5, 0.6) is 0 Å². The summed E-state index contributed by atoms with van der Waals surface area (Å²) in [5.74, 6) is 0. The maximum atomic E-state index is 9.66. The molecule has 0 bridgehead atoms. The lowest BCUT2D eigenvalue weighted by molar-refractivity contribution is 0.255. The van der Waals surface area contributed by atoms with Crippen LogP contribution >= 0.6 is 15.9 Å². The van der Waals surface area contributed by atoms with Crippen molar-refractivity contribution in [3.63, 3.8) is 0 Å². The van der Waals surface area contributed by atoms with Crippen LogP contribution < -0.4 is 10.2 Å². The van der Waals surface area contributed by atoms with Crippen LogP contribution in [0.15, 0.2) is 22.7 Å². The van der Waals surface area contributed by atoms with E-state index in [2.05, 4.69) is 44.3 Å². The third kappa shape index (κ3) is 3.71. The van der Waals surface area contributed by atoms with Crippen LogP contribution in [-0.2, 0) is 6.54 Å². The summed E-state index contributed by atoms with van der Waals surface area (Å²) in [4.78, 5) is 2.39. The summed E-state index contributed by atoms with van der Waals surface area (Å²) >= 11 is 3.54. The van der Waals surface area contributed by atoms with Crippen LogP contribution in [0.4, 0.5) is 5.69 Å². The highest BCUT2D eigenvalue weighted by Crippen LogP contribution is 2.29. The topological polar surface area (TPSA) is 35.5 Å². The first-order valence-corrected chi connectivity index (χ1v) is 7.86. The molecule has 0 radical (unpaired) electrons. The number of aliphatic hydroxyl groups excluding tert-OH is 1. The van der Waals surface area contributed by atoms with Gasteiger partial charge in [0.2, 0.25) is 0 Å². The quantitative estimate of drug-likeness (QED) is 0.893. The molecule has 0 saturated carbocycles. The Labute approximate surface area is 124 Å². The Hall–Kier alpha value is -0.580. The van der Waals surface area contributed by atoms with Crippen molar-refractivity contribution >= 4 is 21.6 Å². The molecule has 0 aromatic heterocycles. The fourth-order valence-corrected chi connectivity index (χ4v) is 3.26. The zero-order valence-corrected chi connectivity index (χ0v) is 13.1. The van der Waals surface area contributed by atoms with Crippen LogP contribution in [0.1, 0.15) is 31.2 Å². The molecule has 2 N–H and O–H groups in total. The van der Waals surface area contributed by atoms with E-state index in [1.807, 2.05) is 7.05 Å². The SMILES string of the molecule is CNCc1cc(Br)ccc1N1CCCCCC1CO. The van der Waals surface area contributed by atoms with Gasteiger partial charge in [0.1, 0.15) is 0 Å². The van der Waals surface area contributed by atoms with Gasteiger partial charge < -0.3 is 15.3 Å².